The molecular formula is C17H27N3O3. The lowest BCUT2D eigenvalue weighted by Gasteiger charge is -2.22. The summed E-state index contributed by atoms with van der Waals surface area (Å²) in [6.07, 6.45) is 0.723. The molecule has 0 unspecified atom stereocenters. The predicted molar refractivity (Wildman–Crippen MR) is 90.5 cm³/mol. The van der Waals surface area contributed by atoms with Crippen molar-refractivity contribution in [3.63, 3.8) is 0 Å². The Bertz CT molecular complexity index is 518. The van der Waals surface area contributed by atoms with Crippen LogP contribution in [0.25, 0.3) is 0 Å². The summed E-state index contributed by atoms with van der Waals surface area (Å²) in [6.45, 7) is 3.40. The summed E-state index contributed by atoms with van der Waals surface area (Å²) in [5.41, 5.74) is 1.10. The molecule has 0 heterocycles. The Morgan fingerprint density at radius 2 is 1.96 bits per heavy atom. The molecule has 0 atom stereocenters. The number of methoxy groups -OCH3 is 1. The third kappa shape index (κ3) is 7.65. The highest BCUT2D eigenvalue weighted by atomic mass is 16.5. The van der Waals surface area contributed by atoms with Crippen molar-refractivity contribution in [2.24, 2.45) is 0 Å². The van der Waals surface area contributed by atoms with Crippen molar-refractivity contribution in [2.45, 2.75) is 13.3 Å². The van der Waals surface area contributed by atoms with Gasteiger partial charge in [-0.2, -0.15) is 0 Å². The normalized spacial score (nSPS) is 10.5. The minimum atomic E-state index is -0.137. The van der Waals surface area contributed by atoms with E-state index < -0.39 is 0 Å². The summed E-state index contributed by atoms with van der Waals surface area (Å²) >= 11 is 0. The lowest BCUT2D eigenvalue weighted by atomic mass is 10.1. The van der Waals surface area contributed by atoms with Crippen LogP contribution >= 0.6 is 0 Å². The van der Waals surface area contributed by atoms with Gasteiger partial charge in [0.25, 0.3) is 0 Å². The van der Waals surface area contributed by atoms with Crippen molar-refractivity contribution in [1.29, 1.82) is 0 Å². The number of hydrogen-bond donors (Lipinski definition) is 1. The molecule has 0 bridgehead atoms. The quantitative estimate of drug-likeness (QED) is 0.729. The molecule has 0 saturated carbocycles. The Morgan fingerprint density at radius 3 is 2.57 bits per heavy atom. The molecular weight excluding hydrogens is 294 g/mol. The second kappa shape index (κ2) is 9.84. The number of hydrogen-bond acceptors (Lipinski definition) is 4. The van der Waals surface area contributed by atoms with Crippen LogP contribution in [0.2, 0.25) is 0 Å². The highest BCUT2D eigenvalue weighted by Crippen LogP contribution is 2.12. The summed E-state index contributed by atoms with van der Waals surface area (Å²) in [4.78, 5) is 27.1. The smallest absolute Gasteiger partial charge is 0.239 e. The maximum absolute atomic E-state index is 12.0. The first-order valence-corrected chi connectivity index (χ1v) is 7.72. The zero-order valence-electron chi connectivity index (χ0n) is 14.5. The van der Waals surface area contributed by atoms with Gasteiger partial charge in [0.15, 0.2) is 0 Å². The fraction of sp³-hybridized carbons (Fsp3) is 0.529. The molecule has 23 heavy (non-hydrogen) atoms. The Hall–Kier alpha value is -2.08. The number of rotatable bonds is 9. The highest BCUT2D eigenvalue weighted by Gasteiger charge is 2.13. The van der Waals surface area contributed by atoms with E-state index in [-0.39, 0.29) is 18.4 Å². The van der Waals surface area contributed by atoms with Crippen molar-refractivity contribution in [1.82, 2.24) is 15.1 Å². The van der Waals surface area contributed by atoms with Gasteiger partial charge in [-0.15, -0.1) is 0 Å². The van der Waals surface area contributed by atoms with Crippen molar-refractivity contribution in [2.75, 3.05) is 47.4 Å². The van der Waals surface area contributed by atoms with E-state index in [1.807, 2.05) is 43.3 Å². The summed E-state index contributed by atoms with van der Waals surface area (Å²) in [6, 6.07) is 7.75. The van der Waals surface area contributed by atoms with Crippen molar-refractivity contribution in [3.8, 4) is 5.75 Å². The van der Waals surface area contributed by atoms with Gasteiger partial charge < -0.3 is 19.9 Å². The molecule has 1 aromatic rings. The number of nitrogens with one attached hydrogen (secondary N) is 1. The molecule has 1 aromatic carbocycles. The third-order valence-electron chi connectivity index (χ3n) is 3.47. The van der Waals surface area contributed by atoms with Gasteiger partial charge in [0.2, 0.25) is 11.8 Å². The Morgan fingerprint density at radius 1 is 1.22 bits per heavy atom. The minimum absolute atomic E-state index is 0.0882. The van der Waals surface area contributed by atoms with Crippen LogP contribution in [0.5, 0.6) is 5.75 Å². The molecule has 0 aliphatic heterocycles. The molecule has 1 N–H and O–H groups in total. The molecule has 0 fully saturated rings. The first-order valence-electron chi connectivity index (χ1n) is 7.72. The molecule has 128 valence electrons. The van der Waals surface area contributed by atoms with Crippen LogP contribution in [-0.4, -0.2) is 69.0 Å². The van der Waals surface area contributed by atoms with Crippen LogP contribution in [0.1, 0.15) is 12.5 Å². The van der Waals surface area contributed by atoms with Crippen LogP contribution in [0.4, 0.5) is 0 Å². The van der Waals surface area contributed by atoms with Crippen molar-refractivity contribution >= 4 is 11.8 Å². The van der Waals surface area contributed by atoms with E-state index in [9.17, 15) is 9.59 Å². The first-order chi connectivity index (χ1) is 10.9. The van der Waals surface area contributed by atoms with Crippen LogP contribution < -0.4 is 10.1 Å². The number of ether oxygens (including phenoxy) is 1. The molecule has 1 rings (SSSR count). The average molecular weight is 321 g/mol. The number of benzene rings is 1. The lowest BCUT2D eigenvalue weighted by molar-refractivity contribution is -0.134. The summed E-state index contributed by atoms with van der Waals surface area (Å²) in [5.74, 6) is 0.580. The zero-order valence-corrected chi connectivity index (χ0v) is 14.5. The second-order valence-electron chi connectivity index (χ2n) is 5.70. The Balaban J connectivity index is 2.38. The molecule has 0 aliphatic carbocycles. The number of amides is 2. The molecule has 0 saturated heterocycles. The molecule has 6 nitrogen and oxygen atoms in total. The standard InChI is InChI=1S/C17H27N3O3/c1-14(21)20(11-10-19(2)3)13-17(22)18-9-8-15-6-5-7-16(12-15)23-4/h5-7,12H,8-11,13H2,1-4H3,(H,18,22). The van der Waals surface area contributed by atoms with Gasteiger partial charge in [-0.25, -0.2) is 0 Å². The largest absolute Gasteiger partial charge is 0.497 e. The van der Waals surface area contributed by atoms with Gasteiger partial charge in [-0.05, 0) is 38.2 Å². The lowest BCUT2D eigenvalue weighted by Crippen LogP contribution is -2.43. The van der Waals surface area contributed by atoms with E-state index in [0.29, 0.717) is 13.1 Å². The molecule has 2 amide bonds. The Labute approximate surface area is 138 Å². The van der Waals surface area contributed by atoms with Gasteiger partial charge in [0, 0.05) is 26.6 Å². The van der Waals surface area contributed by atoms with Crippen LogP contribution in [0, 0.1) is 0 Å². The highest BCUT2D eigenvalue weighted by molar-refractivity contribution is 5.83. The monoisotopic (exact) mass is 321 g/mol. The van der Waals surface area contributed by atoms with Crippen molar-refractivity contribution < 1.29 is 14.3 Å². The van der Waals surface area contributed by atoms with Gasteiger partial charge in [0.1, 0.15) is 5.75 Å². The van der Waals surface area contributed by atoms with E-state index in [4.69, 9.17) is 4.74 Å². The van der Waals surface area contributed by atoms with Gasteiger partial charge in [-0.3, -0.25) is 9.59 Å². The number of likely N-dealkylation sites (N-methyl/N-ethyl adjacent to an activating group) is 1. The van der Waals surface area contributed by atoms with E-state index in [2.05, 4.69) is 5.32 Å². The van der Waals surface area contributed by atoms with Gasteiger partial charge >= 0.3 is 0 Å². The van der Waals surface area contributed by atoms with Gasteiger partial charge in [0.05, 0.1) is 13.7 Å². The fourth-order valence-electron chi connectivity index (χ4n) is 2.07. The van der Waals surface area contributed by atoms with E-state index >= 15 is 0 Å². The zero-order chi connectivity index (χ0) is 17.2. The maximum atomic E-state index is 12.0. The minimum Gasteiger partial charge on any atom is -0.497 e. The van der Waals surface area contributed by atoms with Crippen LogP contribution in [0.3, 0.4) is 0 Å². The molecule has 0 aliphatic rings. The first kappa shape index (κ1) is 19.0. The third-order valence-corrected chi connectivity index (χ3v) is 3.47. The van der Waals surface area contributed by atoms with E-state index in [1.165, 1.54) is 6.92 Å². The fourth-order valence-corrected chi connectivity index (χ4v) is 2.07. The summed E-state index contributed by atoms with van der Waals surface area (Å²) in [7, 11) is 5.50. The molecule has 0 spiro atoms. The maximum Gasteiger partial charge on any atom is 0.239 e. The SMILES string of the molecule is COc1cccc(CCNC(=O)CN(CCN(C)C)C(C)=O)c1. The number of carbonyl (C=O) groups excluding carboxylic acids is 2. The Kier molecular flexibility index (Phi) is 8.11. The average Bonchev–Trinajstić information content (AvgIpc) is 2.51. The number of carbonyl (C=O) groups is 2. The van der Waals surface area contributed by atoms with Gasteiger partial charge in [-0.1, -0.05) is 12.1 Å². The summed E-state index contributed by atoms with van der Waals surface area (Å²) in [5, 5.41) is 2.85. The van der Waals surface area contributed by atoms with Crippen LogP contribution in [-0.2, 0) is 16.0 Å². The van der Waals surface area contributed by atoms with E-state index in [1.54, 1.807) is 12.0 Å². The summed E-state index contributed by atoms with van der Waals surface area (Å²) < 4.78 is 5.17. The van der Waals surface area contributed by atoms with Crippen molar-refractivity contribution in [3.05, 3.63) is 29.8 Å². The molecule has 6 heteroatoms. The number of nitrogens with zero attached hydrogens (tertiary/aromatic N) is 2. The molecule has 0 aromatic heterocycles. The topological polar surface area (TPSA) is 61.9 Å². The molecule has 0 radical (unpaired) electrons. The van der Waals surface area contributed by atoms with Crippen LogP contribution in [0.15, 0.2) is 24.3 Å². The second-order valence-corrected chi connectivity index (χ2v) is 5.70. The predicted octanol–water partition coefficient (Wildman–Crippen LogP) is 0.764. The van der Waals surface area contributed by atoms with E-state index in [0.717, 1.165) is 24.3 Å².